The normalized spacial score (nSPS) is 18.8. The Balaban J connectivity index is 0.000000462. The molecule has 1 saturated carbocycles. The van der Waals surface area contributed by atoms with Crippen LogP contribution < -0.4 is 16.0 Å². The molecular weight excluding hydrogens is 698 g/mol. The van der Waals surface area contributed by atoms with Gasteiger partial charge in [0.1, 0.15) is 5.82 Å². The van der Waals surface area contributed by atoms with E-state index in [1.807, 2.05) is 14.0 Å². The van der Waals surface area contributed by atoms with Gasteiger partial charge in [-0.3, -0.25) is 23.7 Å². The number of nitrogens with zero attached hydrogens (tertiary/aromatic N) is 4. The standard InChI is InChI=1S/C24H30ClN7O4S.C7H8O3S.H2O/c1-31(2)24(36)13-4-6-15(27-20(33)21(34)30-19-7-5-14(25)11-26-19)17(10-13)28-22(35)23-29-16-8-9-32(3)12-18(16)37-23;1-6-2-4-7(5-3-6)11(8,9)10;/h5,7,11,13,15,17H,4,6,8-10,12H2,1-3H3,(H,27,33)(H,28,35)(H,26,30,34);2-5H,1H3,(H,8,9,10);1H2/t13-,15+,17+;;/m0../s1. The van der Waals surface area contributed by atoms with Gasteiger partial charge in [-0.2, -0.15) is 8.42 Å². The van der Waals surface area contributed by atoms with Crippen molar-refractivity contribution in [3.8, 4) is 0 Å². The minimum atomic E-state index is -4.02. The highest BCUT2D eigenvalue weighted by Crippen LogP contribution is 2.28. The molecule has 2 aromatic heterocycles. The second-order valence-electron chi connectivity index (χ2n) is 11.9. The van der Waals surface area contributed by atoms with Gasteiger partial charge < -0.3 is 31.2 Å². The van der Waals surface area contributed by atoms with E-state index in [4.69, 9.17) is 16.2 Å². The highest BCUT2D eigenvalue weighted by atomic mass is 35.5. The van der Waals surface area contributed by atoms with Crippen LogP contribution in [0.2, 0.25) is 5.02 Å². The monoisotopic (exact) mass is 737 g/mol. The number of thiazole rings is 1. The summed E-state index contributed by atoms with van der Waals surface area (Å²) in [6.07, 6.45) is 3.42. The summed E-state index contributed by atoms with van der Waals surface area (Å²) in [5, 5.41) is 8.91. The summed E-state index contributed by atoms with van der Waals surface area (Å²) in [6, 6.07) is 7.93. The van der Waals surface area contributed by atoms with Gasteiger partial charge in [0.05, 0.1) is 21.7 Å². The van der Waals surface area contributed by atoms with Crippen molar-refractivity contribution in [2.24, 2.45) is 5.92 Å². The Bertz CT molecular complexity index is 1750. The molecular formula is C31H40ClN7O8S2. The van der Waals surface area contributed by atoms with Gasteiger partial charge in [-0.05, 0) is 57.5 Å². The average Bonchev–Trinajstić information content (AvgIpc) is 3.46. The lowest BCUT2D eigenvalue weighted by Gasteiger charge is -2.37. The number of aromatic nitrogens is 2. The van der Waals surface area contributed by atoms with E-state index in [9.17, 15) is 27.6 Å². The van der Waals surface area contributed by atoms with Gasteiger partial charge in [0, 0.05) is 56.6 Å². The number of carbonyl (C=O) groups excluding carboxylic acids is 4. The van der Waals surface area contributed by atoms with E-state index >= 15 is 0 Å². The molecule has 3 heterocycles. The van der Waals surface area contributed by atoms with Crippen LogP contribution in [0.4, 0.5) is 5.82 Å². The predicted octanol–water partition coefficient (Wildman–Crippen LogP) is 1.71. The smallest absolute Gasteiger partial charge is 0.314 e. The van der Waals surface area contributed by atoms with Crippen molar-refractivity contribution in [3.63, 3.8) is 0 Å². The Labute approximate surface area is 293 Å². The van der Waals surface area contributed by atoms with Crippen LogP contribution in [0.5, 0.6) is 0 Å². The molecule has 0 saturated heterocycles. The SMILES string of the molecule is CN1CCc2nc(C(=O)N[C@@H]3C[C@@H](C(=O)N(C)C)CC[C@H]3NC(=O)C(=O)Nc3ccc(Cl)cn3)sc2C1.Cc1ccc(S(=O)(=O)O)cc1.O. The van der Waals surface area contributed by atoms with Crippen LogP contribution in [0.3, 0.4) is 0 Å². The van der Waals surface area contributed by atoms with E-state index in [-0.39, 0.29) is 33.9 Å². The molecule has 0 spiro atoms. The number of nitrogens with one attached hydrogen (secondary N) is 3. The molecule has 49 heavy (non-hydrogen) atoms. The molecule has 5 rings (SSSR count). The summed E-state index contributed by atoms with van der Waals surface area (Å²) in [5.41, 5.74) is 1.90. The maximum absolute atomic E-state index is 13.2. The van der Waals surface area contributed by atoms with Crippen molar-refractivity contribution in [2.45, 2.75) is 56.1 Å². The zero-order chi connectivity index (χ0) is 35.2. The Morgan fingerprint density at radius 1 is 1.02 bits per heavy atom. The van der Waals surface area contributed by atoms with Crippen LogP contribution in [0.15, 0.2) is 47.5 Å². The molecule has 4 amide bonds. The Morgan fingerprint density at radius 2 is 1.71 bits per heavy atom. The number of fused-ring (bicyclic) bond motifs is 1. The van der Waals surface area contributed by atoms with Crippen molar-refractivity contribution in [2.75, 3.05) is 33.0 Å². The minimum Gasteiger partial charge on any atom is -0.412 e. The summed E-state index contributed by atoms with van der Waals surface area (Å²) in [4.78, 5) is 64.2. The lowest BCUT2D eigenvalue weighted by molar-refractivity contribution is -0.137. The summed E-state index contributed by atoms with van der Waals surface area (Å²) in [5.74, 6) is -2.25. The van der Waals surface area contributed by atoms with E-state index in [1.165, 1.54) is 40.6 Å². The summed E-state index contributed by atoms with van der Waals surface area (Å²) in [7, 11) is 1.39. The first kappa shape index (κ1) is 39.4. The van der Waals surface area contributed by atoms with Gasteiger partial charge in [0.15, 0.2) is 5.01 Å². The van der Waals surface area contributed by atoms with Gasteiger partial charge in [-0.25, -0.2) is 9.97 Å². The molecule has 18 heteroatoms. The van der Waals surface area contributed by atoms with Crippen LogP contribution >= 0.6 is 22.9 Å². The average molecular weight is 738 g/mol. The van der Waals surface area contributed by atoms with E-state index in [1.54, 1.807) is 32.3 Å². The zero-order valence-corrected chi connectivity index (χ0v) is 29.8. The van der Waals surface area contributed by atoms with Crippen LogP contribution in [-0.4, -0.2) is 102 Å². The van der Waals surface area contributed by atoms with Crippen molar-refractivity contribution in [1.82, 2.24) is 30.4 Å². The van der Waals surface area contributed by atoms with Gasteiger partial charge in [-0.15, -0.1) is 11.3 Å². The molecule has 0 unspecified atom stereocenters. The summed E-state index contributed by atoms with van der Waals surface area (Å²) in [6.45, 7) is 3.48. The minimum absolute atomic E-state index is 0. The summed E-state index contributed by atoms with van der Waals surface area (Å²) < 4.78 is 29.6. The first-order chi connectivity index (χ1) is 22.6. The number of hydrogen-bond acceptors (Lipinski definition) is 10. The lowest BCUT2D eigenvalue weighted by atomic mass is 9.81. The lowest BCUT2D eigenvalue weighted by Crippen LogP contribution is -2.57. The maximum atomic E-state index is 13.2. The molecule has 1 aliphatic heterocycles. The fourth-order valence-electron chi connectivity index (χ4n) is 5.31. The molecule has 6 N–H and O–H groups in total. The van der Waals surface area contributed by atoms with Gasteiger partial charge in [0.2, 0.25) is 5.91 Å². The number of carbonyl (C=O) groups is 4. The molecule has 1 aromatic carbocycles. The molecule has 2 aliphatic rings. The second kappa shape index (κ2) is 17.1. The molecule has 15 nitrogen and oxygen atoms in total. The molecule has 3 aromatic rings. The van der Waals surface area contributed by atoms with Crippen molar-refractivity contribution < 1.29 is 37.6 Å². The fraction of sp³-hybridized carbons (Fsp3) is 0.419. The highest BCUT2D eigenvalue weighted by Gasteiger charge is 2.37. The van der Waals surface area contributed by atoms with Gasteiger partial charge in [0.25, 0.3) is 16.0 Å². The Morgan fingerprint density at radius 3 is 2.33 bits per heavy atom. The molecule has 1 aliphatic carbocycles. The number of likely N-dealkylation sites (N-methyl/N-ethyl adjacent to an activating group) is 1. The molecule has 3 atom stereocenters. The van der Waals surface area contributed by atoms with E-state index < -0.39 is 34.0 Å². The number of anilines is 1. The van der Waals surface area contributed by atoms with E-state index in [2.05, 4.69) is 30.8 Å². The number of halogens is 1. The van der Waals surface area contributed by atoms with Crippen LogP contribution in [0.1, 0.15) is 45.2 Å². The molecule has 266 valence electrons. The third-order valence-corrected chi connectivity index (χ3v) is 10.1. The molecule has 1 fully saturated rings. The predicted molar refractivity (Wildman–Crippen MR) is 184 cm³/mol. The highest BCUT2D eigenvalue weighted by molar-refractivity contribution is 7.85. The van der Waals surface area contributed by atoms with Crippen molar-refractivity contribution in [1.29, 1.82) is 0 Å². The quantitative estimate of drug-likeness (QED) is 0.212. The number of amides is 4. The maximum Gasteiger partial charge on any atom is 0.314 e. The molecule has 0 radical (unpaired) electrons. The number of hydrogen-bond donors (Lipinski definition) is 4. The van der Waals surface area contributed by atoms with Gasteiger partial charge in [-0.1, -0.05) is 29.3 Å². The Hall–Kier alpha value is -4.00. The molecule has 0 bridgehead atoms. The largest absolute Gasteiger partial charge is 0.412 e. The zero-order valence-electron chi connectivity index (χ0n) is 27.4. The van der Waals surface area contributed by atoms with Crippen LogP contribution in [-0.2, 0) is 37.5 Å². The first-order valence-electron chi connectivity index (χ1n) is 15.1. The third-order valence-electron chi connectivity index (χ3n) is 7.88. The Kier molecular flexibility index (Phi) is 13.8. The number of benzene rings is 1. The second-order valence-corrected chi connectivity index (χ2v) is 14.8. The van der Waals surface area contributed by atoms with E-state index in [0.29, 0.717) is 29.3 Å². The number of aryl methyl sites for hydroxylation is 1. The van der Waals surface area contributed by atoms with Crippen LogP contribution in [0, 0.1) is 12.8 Å². The summed E-state index contributed by atoms with van der Waals surface area (Å²) >= 11 is 7.17. The van der Waals surface area contributed by atoms with E-state index in [0.717, 1.165) is 35.6 Å². The van der Waals surface area contributed by atoms with Crippen LogP contribution in [0.25, 0.3) is 0 Å². The third kappa shape index (κ3) is 11.0. The van der Waals surface area contributed by atoms with Crippen molar-refractivity contribution in [3.05, 3.63) is 68.8 Å². The van der Waals surface area contributed by atoms with Crippen molar-refractivity contribution >= 4 is 62.5 Å². The fourth-order valence-corrected chi connectivity index (χ4v) is 6.99. The number of pyridine rings is 1. The van der Waals surface area contributed by atoms with Gasteiger partial charge >= 0.3 is 11.8 Å². The number of rotatable bonds is 6. The topological polar surface area (TPSA) is 222 Å². The first-order valence-corrected chi connectivity index (χ1v) is 17.7.